The van der Waals surface area contributed by atoms with Gasteiger partial charge in [0.2, 0.25) is 5.88 Å². The lowest BCUT2D eigenvalue weighted by Gasteiger charge is -2.08. The Balaban J connectivity index is 2.29. The third-order valence-corrected chi connectivity index (χ3v) is 4.39. The van der Waals surface area contributed by atoms with E-state index < -0.39 is 9.84 Å². The molecule has 1 aromatic carbocycles. The lowest BCUT2D eigenvalue weighted by Crippen LogP contribution is -1.96. The van der Waals surface area contributed by atoms with Crippen LogP contribution in [0, 0.1) is 0 Å². The Kier molecular flexibility index (Phi) is 4.44. The van der Waals surface area contributed by atoms with Crippen LogP contribution in [0.3, 0.4) is 0 Å². The van der Waals surface area contributed by atoms with Gasteiger partial charge in [-0.05, 0) is 30.3 Å². The lowest BCUT2D eigenvalue weighted by atomic mass is 10.3. The van der Waals surface area contributed by atoms with E-state index in [-0.39, 0.29) is 26.0 Å². The van der Waals surface area contributed by atoms with E-state index in [9.17, 15) is 8.42 Å². The fourth-order valence-electron chi connectivity index (χ4n) is 1.37. The highest BCUT2D eigenvalue weighted by molar-refractivity contribution is 7.90. The summed E-state index contributed by atoms with van der Waals surface area (Å²) in [5, 5.41) is 0.488. The van der Waals surface area contributed by atoms with Crippen molar-refractivity contribution in [1.29, 1.82) is 0 Å². The van der Waals surface area contributed by atoms with Crippen molar-refractivity contribution in [3.8, 4) is 11.6 Å². The Morgan fingerprint density at radius 3 is 2.20 bits per heavy atom. The van der Waals surface area contributed by atoms with E-state index in [1.54, 1.807) is 0 Å². The number of nitrogens with zero attached hydrogens (tertiary/aromatic N) is 1. The molecular weight excluding hydrogens is 345 g/mol. The first-order valence-corrected chi connectivity index (χ1v) is 8.29. The molecule has 0 aliphatic rings. The summed E-state index contributed by atoms with van der Waals surface area (Å²) in [6, 6.07) is 7.26. The van der Waals surface area contributed by atoms with Crippen molar-refractivity contribution in [3.05, 3.63) is 45.5 Å². The molecule has 0 aliphatic heterocycles. The Bertz CT molecular complexity index is 745. The predicted octanol–water partition coefficient (Wildman–Crippen LogP) is 4.24. The van der Waals surface area contributed by atoms with Gasteiger partial charge in [-0.3, -0.25) is 0 Å². The summed E-state index contributed by atoms with van der Waals surface area (Å²) in [6.07, 6.45) is 1.13. The van der Waals surface area contributed by atoms with E-state index in [2.05, 4.69) is 4.98 Å². The van der Waals surface area contributed by atoms with Crippen molar-refractivity contribution < 1.29 is 13.2 Å². The largest absolute Gasteiger partial charge is 0.437 e. The highest BCUT2D eigenvalue weighted by Crippen LogP contribution is 2.33. The third kappa shape index (κ3) is 3.55. The first-order valence-electron chi connectivity index (χ1n) is 5.27. The molecule has 0 bridgehead atoms. The maximum Gasteiger partial charge on any atom is 0.239 e. The normalized spacial score (nSPS) is 11.4. The average molecular weight is 353 g/mol. The summed E-state index contributed by atoms with van der Waals surface area (Å²) >= 11 is 17.5. The second-order valence-corrected chi connectivity index (χ2v) is 7.08. The topological polar surface area (TPSA) is 56.3 Å². The van der Waals surface area contributed by atoms with Crippen LogP contribution in [0.2, 0.25) is 15.2 Å². The molecule has 0 saturated heterocycles. The highest BCUT2D eigenvalue weighted by atomic mass is 35.5. The molecule has 0 amide bonds. The molecule has 0 unspecified atom stereocenters. The molecule has 4 nitrogen and oxygen atoms in total. The van der Waals surface area contributed by atoms with Gasteiger partial charge in [-0.15, -0.1) is 0 Å². The van der Waals surface area contributed by atoms with Crippen molar-refractivity contribution in [1.82, 2.24) is 4.98 Å². The third-order valence-electron chi connectivity index (χ3n) is 2.32. The number of hydrogen-bond donors (Lipinski definition) is 0. The van der Waals surface area contributed by atoms with Crippen LogP contribution >= 0.6 is 34.8 Å². The Morgan fingerprint density at radius 2 is 1.65 bits per heavy atom. The van der Waals surface area contributed by atoms with Crippen LogP contribution in [0.1, 0.15) is 0 Å². The van der Waals surface area contributed by atoms with E-state index >= 15 is 0 Å². The monoisotopic (exact) mass is 351 g/mol. The van der Waals surface area contributed by atoms with E-state index in [1.165, 1.54) is 30.3 Å². The minimum atomic E-state index is -3.25. The van der Waals surface area contributed by atoms with Crippen LogP contribution in [0.25, 0.3) is 0 Å². The number of hydrogen-bond acceptors (Lipinski definition) is 4. The summed E-state index contributed by atoms with van der Waals surface area (Å²) in [6.45, 7) is 0. The zero-order chi connectivity index (χ0) is 14.9. The number of halogens is 3. The van der Waals surface area contributed by atoms with Crippen molar-refractivity contribution in [2.45, 2.75) is 4.90 Å². The Labute approximate surface area is 131 Å². The SMILES string of the molecule is CS(=O)(=O)c1ccc(Oc2nc(Cl)c(Cl)cc2Cl)cc1. The summed E-state index contributed by atoms with van der Waals surface area (Å²) in [7, 11) is -3.25. The van der Waals surface area contributed by atoms with Gasteiger partial charge in [-0.2, -0.15) is 4.98 Å². The van der Waals surface area contributed by atoms with Crippen LogP contribution in [0.4, 0.5) is 0 Å². The maximum absolute atomic E-state index is 11.3. The van der Waals surface area contributed by atoms with Crippen LogP contribution in [0.5, 0.6) is 11.6 Å². The molecule has 0 atom stereocenters. The van der Waals surface area contributed by atoms with E-state index in [0.29, 0.717) is 5.75 Å². The molecule has 0 aliphatic carbocycles. The van der Waals surface area contributed by atoms with Gasteiger partial charge in [0.25, 0.3) is 0 Å². The summed E-state index contributed by atoms with van der Waals surface area (Å²) in [5.41, 5.74) is 0. The van der Waals surface area contributed by atoms with Crippen molar-refractivity contribution in [2.24, 2.45) is 0 Å². The molecule has 2 rings (SSSR count). The van der Waals surface area contributed by atoms with Gasteiger partial charge in [0.05, 0.1) is 9.92 Å². The molecule has 106 valence electrons. The first kappa shape index (κ1) is 15.4. The second-order valence-electron chi connectivity index (χ2n) is 3.89. The molecule has 1 heterocycles. The molecule has 0 N–H and O–H groups in total. The average Bonchev–Trinajstić information content (AvgIpc) is 2.35. The highest BCUT2D eigenvalue weighted by Gasteiger charge is 2.11. The zero-order valence-corrected chi connectivity index (χ0v) is 13.2. The quantitative estimate of drug-likeness (QED) is 0.775. The van der Waals surface area contributed by atoms with Crippen LogP contribution in [0.15, 0.2) is 35.2 Å². The molecular formula is C12H8Cl3NO3S. The van der Waals surface area contributed by atoms with Crippen molar-refractivity contribution >= 4 is 44.6 Å². The number of aromatic nitrogens is 1. The van der Waals surface area contributed by atoms with Gasteiger partial charge in [-0.25, -0.2) is 8.42 Å². The van der Waals surface area contributed by atoms with Gasteiger partial charge in [0.15, 0.2) is 15.0 Å². The van der Waals surface area contributed by atoms with E-state index in [1.807, 2.05) is 0 Å². The van der Waals surface area contributed by atoms with Crippen molar-refractivity contribution in [3.63, 3.8) is 0 Å². The second kappa shape index (κ2) is 5.77. The van der Waals surface area contributed by atoms with Gasteiger partial charge < -0.3 is 4.74 Å². The van der Waals surface area contributed by atoms with Crippen LogP contribution in [-0.4, -0.2) is 19.7 Å². The zero-order valence-electron chi connectivity index (χ0n) is 10.1. The number of benzene rings is 1. The fraction of sp³-hybridized carbons (Fsp3) is 0.0833. The molecule has 0 fully saturated rings. The minimum Gasteiger partial charge on any atom is -0.437 e. The van der Waals surface area contributed by atoms with Crippen molar-refractivity contribution in [2.75, 3.05) is 6.26 Å². The summed E-state index contributed by atoms with van der Waals surface area (Å²) < 4.78 is 28.1. The van der Waals surface area contributed by atoms with Gasteiger partial charge in [-0.1, -0.05) is 34.8 Å². The molecule has 0 radical (unpaired) electrons. The van der Waals surface area contributed by atoms with Gasteiger partial charge in [0, 0.05) is 6.26 Å². The lowest BCUT2D eigenvalue weighted by molar-refractivity contribution is 0.463. The molecule has 8 heteroatoms. The van der Waals surface area contributed by atoms with E-state index in [4.69, 9.17) is 39.5 Å². The molecule has 2 aromatic rings. The smallest absolute Gasteiger partial charge is 0.239 e. The molecule has 0 saturated carbocycles. The fourth-order valence-corrected chi connectivity index (χ4v) is 2.53. The molecule has 20 heavy (non-hydrogen) atoms. The van der Waals surface area contributed by atoms with E-state index in [0.717, 1.165) is 6.26 Å². The predicted molar refractivity (Wildman–Crippen MR) is 78.9 cm³/mol. The minimum absolute atomic E-state index is 0.0684. The Morgan fingerprint density at radius 1 is 1.05 bits per heavy atom. The van der Waals surface area contributed by atoms with Gasteiger partial charge in [0.1, 0.15) is 10.8 Å². The standard InChI is InChI=1S/C12H8Cl3NO3S/c1-20(17,18)8-4-2-7(3-5-8)19-12-10(14)6-9(13)11(15)16-12/h2-6H,1H3. The molecule has 0 spiro atoms. The number of sulfone groups is 1. The summed E-state index contributed by atoms with van der Waals surface area (Å²) in [5.74, 6) is 0.471. The van der Waals surface area contributed by atoms with Gasteiger partial charge >= 0.3 is 0 Å². The molecule has 1 aromatic heterocycles. The number of ether oxygens (including phenoxy) is 1. The Hall–Kier alpha value is -1.01. The van der Waals surface area contributed by atoms with Crippen LogP contribution < -0.4 is 4.74 Å². The van der Waals surface area contributed by atoms with Crippen LogP contribution in [-0.2, 0) is 9.84 Å². The maximum atomic E-state index is 11.3. The number of pyridine rings is 1. The summed E-state index contributed by atoms with van der Waals surface area (Å²) in [4.78, 5) is 4.09. The first-order chi connectivity index (χ1) is 9.27. The number of rotatable bonds is 3.